The molecule has 1 heterocycles. The fourth-order valence-electron chi connectivity index (χ4n) is 4.38. The second kappa shape index (κ2) is 7.62. The van der Waals surface area contributed by atoms with E-state index in [-0.39, 0.29) is 11.9 Å². The number of hydrogen-bond acceptors (Lipinski definition) is 3. The van der Waals surface area contributed by atoms with Gasteiger partial charge in [-0.3, -0.25) is 9.91 Å². The van der Waals surface area contributed by atoms with Gasteiger partial charge in [0.05, 0.1) is 17.3 Å². The number of benzene rings is 3. The summed E-state index contributed by atoms with van der Waals surface area (Å²) in [5.74, 6) is -0.348. The minimum absolute atomic E-state index is 0.287. The van der Waals surface area contributed by atoms with Gasteiger partial charge in [-0.25, -0.2) is 4.39 Å². The third kappa shape index (κ3) is 3.33. The average molecular weight is 406 g/mol. The van der Waals surface area contributed by atoms with Crippen molar-refractivity contribution in [2.24, 2.45) is 5.10 Å². The highest BCUT2D eigenvalue weighted by molar-refractivity contribution is 6.33. The zero-order valence-electron chi connectivity index (χ0n) is 15.9. The van der Waals surface area contributed by atoms with E-state index in [4.69, 9.17) is 11.6 Å². The molecule has 29 heavy (non-hydrogen) atoms. The summed E-state index contributed by atoms with van der Waals surface area (Å²) in [6, 6.07) is 22.3. The first-order valence-electron chi connectivity index (χ1n) is 9.87. The van der Waals surface area contributed by atoms with Crippen molar-refractivity contribution in [3.05, 3.63) is 94.3 Å². The summed E-state index contributed by atoms with van der Waals surface area (Å²) in [6.07, 6.45) is 1.54. The highest BCUT2D eigenvalue weighted by Crippen LogP contribution is 2.46. The molecule has 3 aromatic rings. The molecule has 3 nitrogen and oxygen atoms in total. The van der Waals surface area contributed by atoms with Crippen molar-refractivity contribution in [3.63, 3.8) is 0 Å². The molecule has 0 amide bonds. The first-order valence-corrected chi connectivity index (χ1v) is 10.3. The standard InChI is InChI=1S/C24H21ClFN3/c25-22-10-5-11-23(26)21(22)16-27-29-14-12-28(13-15-29)24-19-8-3-1-6-17(19)18-7-2-4-9-20(18)24/h1-11,16,24H,12-15H2/b27-16-. The summed E-state index contributed by atoms with van der Waals surface area (Å²) in [5.41, 5.74) is 5.77. The largest absolute Gasteiger partial charge is 0.294 e. The molecule has 5 heteroatoms. The monoisotopic (exact) mass is 405 g/mol. The smallest absolute Gasteiger partial charge is 0.133 e. The number of hydrazone groups is 1. The van der Waals surface area contributed by atoms with Crippen LogP contribution in [0.4, 0.5) is 4.39 Å². The van der Waals surface area contributed by atoms with Gasteiger partial charge in [-0.15, -0.1) is 0 Å². The Kier molecular flexibility index (Phi) is 4.82. The van der Waals surface area contributed by atoms with Gasteiger partial charge in [0.2, 0.25) is 0 Å². The van der Waals surface area contributed by atoms with E-state index in [0.29, 0.717) is 10.6 Å². The molecule has 0 aromatic heterocycles. The Hall–Kier alpha value is -2.69. The molecule has 146 valence electrons. The number of nitrogens with zero attached hydrogens (tertiary/aromatic N) is 3. The Labute approximate surface area is 175 Å². The Bertz CT molecular complexity index is 1010. The second-order valence-electron chi connectivity index (χ2n) is 7.45. The molecule has 5 rings (SSSR count). The summed E-state index contributed by atoms with van der Waals surface area (Å²) in [7, 11) is 0. The molecule has 0 radical (unpaired) electrons. The van der Waals surface area contributed by atoms with E-state index in [1.54, 1.807) is 12.1 Å². The van der Waals surface area contributed by atoms with Crippen molar-refractivity contribution in [3.8, 4) is 11.1 Å². The van der Waals surface area contributed by atoms with Crippen molar-refractivity contribution >= 4 is 17.8 Å². The van der Waals surface area contributed by atoms with Crippen LogP contribution in [0.5, 0.6) is 0 Å². The maximum Gasteiger partial charge on any atom is 0.133 e. The van der Waals surface area contributed by atoms with Crippen LogP contribution in [0.2, 0.25) is 5.02 Å². The van der Waals surface area contributed by atoms with E-state index in [1.807, 2.05) is 5.01 Å². The van der Waals surface area contributed by atoms with Crippen LogP contribution in [0.15, 0.2) is 71.8 Å². The summed E-state index contributed by atoms with van der Waals surface area (Å²) in [6.45, 7) is 3.39. The molecule has 3 aromatic carbocycles. The predicted octanol–water partition coefficient (Wildman–Crippen LogP) is 5.20. The Morgan fingerprint density at radius 3 is 2.07 bits per heavy atom. The average Bonchev–Trinajstić information content (AvgIpc) is 3.08. The quantitative estimate of drug-likeness (QED) is 0.558. The molecule has 0 saturated carbocycles. The normalized spacial score (nSPS) is 17.0. The Morgan fingerprint density at radius 1 is 0.828 bits per heavy atom. The molecule has 2 aliphatic rings. The molecule has 0 unspecified atom stereocenters. The maximum atomic E-state index is 14.0. The van der Waals surface area contributed by atoms with E-state index in [0.717, 1.165) is 26.2 Å². The molecule has 0 bridgehead atoms. The zero-order chi connectivity index (χ0) is 19.8. The fraction of sp³-hybridized carbons (Fsp3) is 0.208. The van der Waals surface area contributed by atoms with Crippen LogP contribution in [0.1, 0.15) is 22.7 Å². The van der Waals surface area contributed by atoms with Gasteiger partial charge in [0.15, 0.2) is 0 Å². The first-order chi connectivity index (χ1) is 14.2. The molecule has 1 aliphatic heterocycles. The third-order valence-electron chi connectivity index (χ3n) is 5.81. The molecule has 1 fully saturated rings. The lowest BCUT2D eigenvalue weighted by Gasteiger charge is -2.37. The van der Waals surface area contributed by atoms with E-state index in [9.17, 15) is 4.39 Å². The molecule has 1 saturated heterocycles. The van der Waals surface area contributed by atoms with Crippen LogP contribution in [0.3, 0.4) is 0 Å². The van der Waals surface area contributed by atoms with Crippen LogP contribution in [-0.2, 0) is 0 Å². The number of rotatable bonds is 3. The maximum absolute atomic E-state index is 14.0. The molecule has 0 atom stereocenters. The number of fused-ring (bicyclic) bond motifs is 3. The highest BCUT2D eigenvalue weighted by atomic mass is 35.5. The molecule has 0 N–H and O–H groups in total. The van der Waals surface area contributed by atoms with Gasteiger partial charge >= 0.3 is 0 Å². The van der Waals surface area contributed by atoms with Gasteiger partial charge in [-0.2, -0.15) is 5.10 Å². The fourth-order valence-corrected chi connectivity index (χ4v) is 4.59. The van der Waals surface area contributed by atoms with Crippen molar-refractivity contribution in [1.82, 2.24) is 9.91 Å². The molecular formula is C24H21ClFN3. The van der Waals surface area contributed by atoms with Crippen molar-refractivity contribution in [2.45, 2.75) is 6.04 Å². The van der Waals surface area contributed by atoms with Crippen LogP contribution in [0, 0.1) is 5.82 Å². The summed E-state index contributed by atoms with van der Waals surface area (Å²) >= 11 is 6.09. The number of hydrogen-bond donors (Lipinski definition) is 0. The highest BCUT2D eigenvalue weighted by Gasteiger charge is 2.33. The number of piperazine rings is 1. The van der Waals surface area contributed by atoms with Crippen molar-refractivity contribution < 1.29 is 4.39 Å². The minimum Gasteiger partial charge on any atom is -0.294 e. The van der Waals surface area contributed by atoms with Crippen molar-refractivity contribution in [2.75, 3.05) is 26.2 Å². The Balaban J connectivity index is 1.33. The predicted molar refractivity (Wildman–Crippen MR) is 116 cm³/mol. The van der Waals surface area contributed by atoms with Crippen molar-refractivity contribution in [1.29, 1.82) is 0 Å². The van der Waals surface area contributed by atoms with Crippen LogP contribution in [-0.4, -0.2) is 42.3 Å². The minimum atomic E-state index is -0.348. The van der Waals surface area contributed by atoms with E-state index >= 15 is 0 Å². The van der Waals surface area contributed by atoms with Gasteiger partial charge in [0, 0.05) is 31.7 Å². The SMILES string of the molecule is Fc1cccc(Cl)c1/C=N\N1CCN(C2c3ccccc3-c3ccccc32)CC1. The van der Waals surface area contributed by atoms with Crippen LogP contribution < -0.4 is 0 Å². The van der Waals surface area contributed by atoms with Gasteiger partial charge in [-0.05, 0) is 34.4 Å². The lowest BCUT2D eigenvalue weighted by Crippen LogP contribution is -2.45. The summed E-state index contributed by atoms with van der Waals surface area (Å²) in [5, 5.41) is 6.86. The van der Waals surface area contributed by atoms with Crippen LogP contribution >= 0.6 is 11.6 Å². The van der Waals surface area contributed by atoms with Gasteiger partial charge < -0.3 is 0 Å². The Morgan fingerprint density at radius 2 is 1.45 bits per heavy atom. The van der Waals surface area contributed by atoms with E-state index < -0.39 is 0 Å². The van der Waals surface area contributed by atoms with Gasteiger partial charge in [0.1, 0.15) is 5.82 Å². The molecular weight excluding hydrogens is 385 g/mol. The number of halogens is 2. The van der Waals surface area contributed by atoms with Gasteiger partial charge in [-0.1, -0.05) is 66.2 Å². The zero-order valence-corrected chi connectivity index (χ0v) is 16.7. The molecule has 1 aliphatic carbocycles. The van der Waals surface area contributed by atoms with E-state index in [1.165, 1.54) is 34.5 Å². The van der Waals surface area contributed by atoms with Crippen LogP contribution in [0.25, 0.3) is 11.1 Å². The van der Waals surface area contributed by atoms with E-state index in [2.05, 4.69) is 58.5 Å². The lowest BCUT2D eigenvalue weighted by atomic mass is 10.0. The lowest BCUT2D eigenvalue weighted by molar-refractivity contribution is 0.114. The summed E-state index contributed by atoms with van der Waals surface area (Å²) in [4.78, 5) is 2.52. The summed E-state index contributed by atoms with van der Waals surface area (Å²) < 4.78 is 14.0. The first kappa shape index (κ1) is 18.3. The topological polar surface area (TPSA) is 18.8 Å². The van der Waals surface area contributed by atoms with Gasteiger partial charge in [0.25, 0.3) is 0 Å². The third-order valence-corrected chi connectivity index (χ3v) is 6.14. The second-order valence-corrected chi connectivity index (χ2v) is 7.85. The molecule has 0 spiro atoms.